The highest BCUT2D eigenvalue weighted by Gasteiger charge is 2.22. The summed E-state index contributed by atoms with van der Waals surface area (Å²) >= 11 is 5.88. The highest BCUT2D eigenvalue weighted by molar-refractivity contribution is 6.31. The maximum absolute atomic E-state index is 14.0. The third-order valence-electron chi connectivity index (χ3n) is 3.70. The van der Waals surface area contributed by atoms with Gasteiger partial charge in [0.1, 0.15) is 17.7 Å². The third kappa shape index (κ3) is 3.31. The number of nitrogens with one attached hydrogen (secondary N) is 1. The van der Waals surface area contributed by atoms with E-state index in [2.05, 4.69) is 10.3 Å². The zero-order chi connectivity index (χ0) is 17.1. The van der Waals surface area contributed by atoms with Crippen molar-refractivity contribution in [3.63, 3.8) is 0 Å². The fourth-order valence-corrected chi connectivity index (χ4v) is 2.65. The molecule has 1 amide bonds. The molecule has 24 heavy (non-hydrogen) atoms. The van der Waals surface area contributed by atoms with E-state index in [9.17, 15) is 9.18 Å². The Morgan fingerprint density at radius 1 is 1.25 bits per heavy atom. The van der Waals surface area contributed by atoms with Crippen molar-refractivity contribution in [2.24, 2.45) is 7.05 Å². The minimum absolute atomic E-state index is 0.0994. The number of halogens is 2. The standard InChI is InChI=1S/C18H15ClFN3O/c1-23-10-9-21-17(23)16(12-5-3-2-4-6-12)22-18(24)14-11-13(19)7-8-15(14)20/h2-11,16H,1H3,(H,22,24)/t16-/m1/s1. The molecular weight excluding hydrogens is 329 g/mol. The first kappa shape index (κ1) is 16.2. The average Bonchev–Trinajstić information content (AvgIpc) is 3.01. The van der Waals surface area contributed by atoms with Crippen LogP contribution in [-0.4, -0.2) is 15.5 Å². The minimum Gasteiger partial charge on any atom is -0.338 e. The molecule has 0 bridgehead atoms. The van der Waals surface area contributed by atoms with Gasteiger partial charge in [0.25, 0.3) is 5.91 Å². The van der Waals surface area contributed by atoms with Gasteiger partial charge in [-0.25, -0.2) is 9.37 Å². The quantitative estimate of drug-likeness (QED) is 0.784. The summed E-state index contributed by atoms with van der Waals surface area (Å²) in [7, 11) is 1.84. The van der Waals surface area contributed by atoms with Gasteiger partial charge in [-0.05, 0) is 23.8 Å². The lowest BCUT2D eigenvalue weighted by Crippen LogP contribution is -2.31. The Bertz CT molecular complexity index is 864. The highest BCUT2D eigenvalue weighted by Crippen LogP contribution is 2.22. The zero-order valence-electron chi connectivity index (χ0n) is 12.9. The van der Waals surface area contributed by atoms with Crippen LogP contribution in [0.4, 0.5) is 4.39 Å². The molecule has 0 spiro atoms. The number of carbonyl (C=O) groups excluding carboxylic acids is 1. The number of imidazole rings is 1. The normalized spacial score (nSPS) is 12.0. The van der Waals surface area contributed by atoms with Crippen molar-refractivity contribution in [1.29, 1.82) is 0 Å². The van der Waals surface area contributed by atoms with Gasteiger partial charge in [-0.2, -0.15) is 0 Å². The van der Waals surface area contributed by atoms with Crippen molar-refractivity contribution in [3.8, 4) is 0 Å². The molecule has 1 aromatic heterocycles. The summed E-state index contributed by atoms with van der Waals surface area (Å²) in [4.78, 5) is 16.9. The first-order valence-corrected chi connectivity index (χ1v) is 7.72. The predicted molar refractivity (Wildman–Crippen MR) is 90.4 cm³/mol. The van der Waals surface area contributed by atoms with Crippen LogP contribution in [0.15, 0.2) is 60.9 Å². The van der Waals surface area contributed by atoms with Crippen LogP contribution < -0.4 is 5.32 Å². The lowest BCUT2D eigenvalue weighted by Gasteiger charge is -2.19. The highest BCUT2D eigenvalue weighted by atomic mass is 35.5. The summed E-state index contributed by atoms with van der Waals surface area (Å²) in [6, 6.07) is 12.8. The molecule has 0 fully saturated rings. The second-order valence-corrected chi connectivity index (χ2v) is 5.77. The first-order valence-electron chi connectivity index (χ1n) is 7.34. The first-order chi connectivity index (χ1) is 11.6. The van der Waals surface area contributed by atoms with Gasteiger partial charge in [0.15, 0.2) is 0 Å². The molecule has 1 heterocycles. The van der Waals surface area contributed by atoms with Crippen molar-refractivity contribution >= 4 is 17.5 Å². The molecule has 122 valence electrons. The summed E-state index contributed by atoms with van der Waals surface area (Å²) in [5.74, 6) is -0.521. The molecule has 0 unspecified atom stereocenters. The maximum Gasteiger partial charge on any atom is 0.255 e. The number of hydrogen-bond donors (Lipinski definition) is 1. The number of amides is 1. The van der Waals surface area contributed by atoms with E-state index in [4.69, 9.17) is 11.6 Å². The molecule has 6 heteroatoms. The van der Waals surface area contributed by atoms with Crippen LogP contribution in [0, 0.1) is 5.82 Å². The van der Waals surface area contributed by atoms with Crippen LogP contribution in [0.2, 0.25) is 5.02 Å². The zero-order valence-corrected chi connectivity index (χ0v) is 13.7. The van der Waals surface area contributed by atoms with E-state index in [1.807, 2.05) is 41.9 Å². The Morgan fingerprint density at radius 2 is 2.00 bits per heavy atom. The number of hydrogen-bond acceptors (Lipinski definition) is 2. The van der Waals surface area contributed by atoms with Gasteiger partial charge in [-0.15, -0.1) is 0 Å². The largest absolute Gasteiger partial charge is 0.338 e. The number of aryl methyl sites for hydroxylation is 1. The Hall–Kier alpha value is -2.66. The van der Waals surface area contributed by atoms with E-state index in [-0.39, 0.29) is 5.56 Å². The SMILES string of the molecule is Cn1ccnc1[C@H](NC(=O)c1cc(Cl)ccc1F)c1ccccc1. The second-order valence-electron chi connectivity index (χ2n) is 5.34. The number of benzene rings is 2. The number of rotatable bonds is 4. The lowest BCUT2D eigenvalue weighted by molar-refractivity contribution is 0.0937. The monoisotopic (exact) mass is 343 g/mol. The predicted octanol–water partition coefficient (Wildman–Crippen LogP) is 3.73. The van der Waals surface area contributed by atoms with Crippen molar-refractivity contribution in [1.82, 2.24) is 14.9 Å². The third-order valence-corrected chi connectivity index (χ3v) is 3.93. The smallest absolute Gasteiger partial charge is 0.255 e. The molecule has 1 atom stereocenters. The van der Waals surface area contributed by atoms with Crippen LogP contribution in [0.1, 0.15) is 27.8 Å². The summed E-state index contributed by atoms with van der Waals surface area (Å²) in [6.45, 7) is 0. The Kier molecular flexibility index (Phi) is 4.62. The molecule has 0 aliphatic heterocycles. The van der Waals surface area contributed by atoms with Crippen molar-refractivity contribution < 1.29 is 9.18 Å². The molecule has 0 saturated heterocycles. The van der Waals surface area contributed by atoms with Crippen molar-refractivity contribution in [2.45, 2.75) is 6.04 Å². The fraction of sp³-hybridized carbons (Fsp3) is 0.111. The maximum atomic E-state index is 14.0. The summed E-state index contributed by atoms with van der Waals surface area (Å²) in [5, 5.41) is 3.14. The fourth-order valence-electron chi connectivity index (χ4n) is 2.48. The van der Waals surface area contributed by atoms with Gasteiger partial charge in [-0.3, -0.25) is 4.79 Å². The van der Waals surface area contributed by atoms with E-state index in [0.717, 1.165) is 5.56 Å². The minimum atomic E-state index is -0.622. The van der Waals surface area contributed by atoms with Crippen LogP contribution in [0.5, 0.6) is 0 Å². The van der Waals surface area contributed by atoms with Crippen molar-refractivity contribution in [3.05, 3.63) is 88.7 Å². The van der Waals surface area contributed by atoms with Crippen molar-refractivity contribution in [2.75, 3.05) is 0 Å². The summed E-state index contributed by atoms with van der Waals surface area (Å²) in [5.41, 5.74) is 0.750. The molecule has 1 N–H and O–H groups in total. The lowest BCUT2D eigenvalue weighted by atomic mass is 10.1. The second kappa shape index (κ2) is 6.84. The van der Waals surface area contributed by atoms with E-state index >= 15 is 0 Å². The Labute approximate surface area is 143 Å². The van der Waals surface area contributed by atoms with E-state index in [1.165, 1.54) is 18.2 Å². The molecule has 0 saturated carbocycles. The van der Waals surface area contributed by atoms with E-state index < -0.39 is 17.8 Å². The van der Waals surface area contributed by atoms with Crippen LogP contribution in [-0.2, 0) is 7.05 Å². The van der Waals surface area contributed by atoms with Crippen LogP contribution in [0.25, 0.3) is 0 Å². The molecule has 3 rings (SSSR count). The molecular formula is C18H15ClFN3O. The Balaban J connectivity index is 1.97. The molecule has 2 aromatic carbocycles. The average molecular weight is 344 g/mol. The topological polar surface area (TPSA) is 46.9 Å². The van der Waals surface area contributed by atoms with Gasteiger partial charge >= 0.3 is 0 Å². The Morgan fingerprint density at radius 3 is 2.67 bits per heavy atom. The van der Waals surface area contributed by atoms with Gasteiger partial charge in [0.2, 0.25) is 0 Å². The number of carbonyl (C=O) groups is 1. The number of nitrogens with zero attached hydrogens (tertiary/aromatic N) is 2. The van der Waals surface area contributed by atoms with Gasteiger partial charge in [-0.1, -0.05) is 41.9 Å². The molecule has 3 aromatic rings. The van der Waals surface area contributed by atoms with Crippen LogP contribution in [0.3, 0.4) is 0 Å². The molecule has 0 aliphatic rings. The van der Waals surface area contributed by atoms with E-state index in [1.54, 1.807) is 12.4 Å². The van der Waals surface area contributed by atoms with Crippen LogP contribution >= 0.6 is 11.6 Å². The summed E-state index contributed by atoms with van der Waals surface area (Å²) < 4.78 is 15.8. The van der Waals surface area contributed by atoms with Gasteiger partial charge in [0, 0.05) is 24.5 Å². The number of aromatic nitrogens is 2. The molecule has 0 radical (unpaired) electrons. The summed E-state index contributed by atoms with van der Waals surface area (Å²) in [6.07, 6.45) is 3.44. The molecule has 4 nitrogen and oxygen atoms in total. The van der Waals surface area contributed by atoms with Gasteiger partial charge in [0.05, 0.1) is 5.56 Å². The molecule has 0 aliphatic carbocycles. The van der Waals surface area contributed by atoms with E-state index in [0.29, 0.717) is 10.8 Å². The van der Waals surface area contributed by atoms with Gasteiger partial charge < -0.3 is 9.88 Å².